The highest BCUT2D eigenvalue weighted by Crippen LogP contribution is 2.12. The third-order valence-corrected chi connectivity index (χ3v) is 2.96. The van der Waals surface area contributed by atoms with Crippen LogP contribution in [-0.4, -0.2) is 17.5 Å². The molecule has 2 aromatic rings. The molecule has 2 N–H and O–H groups in total. The predicted molar refractivity (Wildman–Crippen MR) is 78.5 cm³/mol. The number of aromatic amines is 1. The second kappa shape index (κ2) is 7.38. The number of aryl methyl sites for hydroxylation is 1. The summed E-state index contributed by atoms with van der Waals surface area (Å²) in [4.78, 5) is 14.6. The zero-order chi connectivity index (χ0) is 14.2. The van der Waals surface area contributed by atoms with Crippen molar-refractivity contribution in [3.05, 3.63) is 53.9 Å². The normalized spacial score (nSPS) is 10.2. The molecule has 0 saturated carbocycles. The average Bonchev–Trinajstić information content (AvgIpc) is 2.95. The Morgan fingerprint density at radius 3 is 3.00 bits per heavy atom. The number of hydrogen-bond donors (Lipinski definition) is 2. The lowest BCUT2D eigenvalue weighted by Gasteiger charge is -2.07. The molecule has 0 aliphatic heterocycles. The SMILES string of the molecule is Cc1cccc(OCCCC(=O)NCc2cc[nH]c2)c1. The molecule has 0 atom stereocenters. The average molecular weight is 272 g/mol. The number of rotatable bonds is 7. The third kappa shape index (κ3) is 4.80. The molecule has 0 aliphatic rings. The largest absolute Gasteiger partial charge is 0.494 e. The van der Waals surface area contributed by atoms with E-state index in [1.807, 2.05) is 49.6 Å². The Labute approximate surface area is 119 Å². The summed E-state index contributed by atoms with van der Waals surface area (Å²) in [5.74, 6) is 0.914. The first-order chi connectivity index (χ1) is 9.74. The van der Waals surface area contributed by atoms with Gasteiger partial charge in [-0.1, -0.05) is 12.1 Å². The molecule has 0 spiro atoms. The van der Waals surface area contributed by atoms with Crippen molar-refractivity contribution in [1.29, 1.82) is 0 Å². The molecule has 4 heteroatoms. The molecule has 1 amide bonds. The van der Waals surface area contributed by atoms with Gasteiger partial charge in [-0.15, -0.1) is 0 Å². The lowest BCUT2D eigenvalue weighted by Crippen LogP contribution is -2.22. The molecule has 0 saturated heterocycles. The molecule has 1 aromatic heterocycles. The summed E-state index contributed by atoms with van der Waals surface area (Å²) in [6, 6.07) is 9.86. The third-order valence-electron chi connectivity index (χ3n) is 2.96. The standard InChI is InChI=1S/C16H20N2O2/c1-13-4-2-5-15(10-13)20-9-3-6-16(19)18-12-14-7-8-17-11-14/h2,4-5,7-8,10-11,17H,3,6,9,12H2,1H3,(H,18,19). The van der Waals surface area contributed by atoms with E-state index in [1.165, 1.54) is 5.56 Å². The number of benzene rings is 1. The van der Waals surface area contributed by atoms with Crippen LogP contribution in [0.25, 0.3) is 0 Å². The summed E-state index contributed by atoms with van der Waals surface area (Å²) in [5, 5.41) is 2.88. The molecular weight excluding hydrogens is 252 g/mol. The highest BCUT2D eigenvalue weighted by Gasteiger charge is 2.02. The lowest BCUT2D eigenvalue weighted by atomic mass is 10.2. The van der Waals surface area contributed by atoms with Crippen molar-refractivity contribution in [2.45, 2.75) is 26.3 Å². The lowest BCUT2D eigenvalue weighted by molar-refractivity contribution is -0.121. The van der Waals surface area contributed by atoms with Crippen LogP contribution >= 0.6 is 0 Å². The summed E-state index contributed by atoms with van der Waals surface area (Å²) < 4.78 is 5.60. The molecular formula is C16H20N2O2. The minimum Gasteiger partial charge on any atom is -0.494 e. The van der Waals surface area contributed by atoms with E-state index in [-0.39, 0.29) is 5.91 Å². The van der Waals surface area contributed by atoms with Crippen molar-refractivity contribution < 1.29 is 9.53 Å². The Hall–Kier alpha value is -2.23. The summed E-state index contributed by atoms with van der Waals surface area (Å²) >= 11 is 0. The number of aromatic nitrogens is 1. The van der Waals surface area contributed by atoms with Crippen molar-refractivity contribution in [2.75, 3.05) is 6.61 Å². The molecule has 0 fully saturated rings. The Morgan fingerprint density at radius 1 is 1.35 bits per heavy atom. The molecule has 4 nitrogen and oxygen atoms in total. The van der Waals surface area contributed by atoms with Crippen LogP contribution in [0.4, 0.5) is 0 Å². The highest BCUT2D eigenvalue weighted by molar-refractivity contribution is 5.75. The molecule has 2 rings (SSSR count). The van der Waals surface area contributed by atoms with Gasteiger partial charge in [0, 0.05) is 25.4 Å². The predicted octanol–water partition coefficient (Wildman–Crippen LogP) is 2.80. The summed E-state index contributed by atoms with van der Waals surface area (Å²) in [6.07, 6.45) is 4.92. The van der Waals surface area contributed by atoms with Crippen LogP contribution in [-0.2, 0) is 11.3 Å². The van der Waals surface area contributed by atoms with Gasteiger partial charge in [0.2, 0.25) is 5.91 Å². The number of H-pyrrole nitrogens is 1. The van der Waals surface area contributed by atoms with E-state index >= 15 is 0 Å². The Morgan fingerprint density at radius 2 is 2.25 bits per heavy atom. The van der Waals surface area contributed by atoms with E-state index in [0.717, 1.165) is 11.3 Å². The molecule has 0 radical (unpaired) electrons. The molecule has 1 aromatic carbocycles. The van der Waals surface area contributed by atoms with Crippen LogP contribution in [0.2, 0.25) is 0 Å². The zero-order valence-corrected chi connectivity index (χ0v) is 11.7. The molecule has 0 bridgehead atoms. The number of amides is 1. The fraction of sp³-hybridized carbons (Fsp3) is 0.312. The van der Waals surface area contributed by atoms with Crippen molar-refractivity contribution >= 4 is 5.91 Å². The van der Waals surface area contributed by atoms with Crippen molar-refractivity contribution in [3.63, 3.8) is 0 Å². The number of ether oxygens (including phenoxy) is 1. The Kier molecular flexibility index (Phi) is 5.24. The van der Waals surface area contributed by atoms with Crippen LogP contribution in [0.15, 0.2) is 42.7 Å². The number of nitrogens with one attached hydrogen (secondary N) is 2. The summed E-state index contributed by atoms with van der Waals surface area (Å²) in [7, 11) is 0. The fourth-order valence-corrected chi connectivity index (χ4v) is 1.89. The number of carbonyl (C=O) groups is 1. The monoisotopic (exact) mass is 272 g/mol. The van der Waals surface area contributed by atoms with Gasteiger partial charge < -0.3 is 15.0 Å². The topological polar surface area (TPSA) is 54.1 Å². The first-order valence-electron chi connectivity index (χ1n) is 6.82. The maximum atomic E-state index is 11.6. The van der Waals surface area contributed by atoms with Crippen molar-refractivity contribution in [2.24, 2.45) is 0 Å². The van der Waals surface area contributed by atoms with E-state index in [0.29, 0.717) is 26.0 Å². The van der Waals surface area contributed by atoms with Crippen molar-refractivity contribution in [3.8, 4) is 5.75 Å². The molecule has 20 heavy (non-hydrogen) atoms. The maximum absolute atomic E-state index is 11.6. The van der Waals surface area contributed by atoms with Crippen LogP contribution in [0, 0.1) is 6.92 Å². The van der Waals surface area contributed by atoms with Crippen LogP contribution < -0.4 is 10.1 Å². The quantitative estimate of drug-likeness (QED) is 0.761. The fourth-order valence-electron chi connectivity index (χ4n) is 1.89. The first-order valence-corrected chi connectivity index (χ1v) is 6.82. The van der Waals surface area contributed by atoms with E-state index in [9.17, 15) is 4.79 Å². The highest BCUT2D eigenvalue weighted by atomic mass is 16.5. The van der Waals surface area contributed by atoms with Gasteiger partial charge in [0.1, 0.15) is 5.75 Å². The summed E-state index contributed by atoms with van der Waals surface area (Å²) in [6.45, 7) is 3.16. The van der Waals surface area contributed by atoms with E-state index < -0.39 is 0 Å². The van der Waals surface area contributed by atoms with Gasteiger partial charge in [-0.05, 0) is 42.7 Å². The van der Waals surface area contributed by atoms with Crippen molar-refractivity contribution in [1.82, 2.24) is 10.3 Å². The van der Waals surface area contributed by atoms with Gasteiger partial charge in [0.25, 0.3) is 0 Å². The van der Waals surface area contributed by atoms with Gasteiger partial charge >= 0.3 is 0 Å². The molecule has 0 unspecified atom stereocenters. The van der Waals surface area contributed by atoms with Crippen LogP contribution in [0.5, 0.6) is 5.75 Å². The van der Waals surface area contributed by atoms with E-state index in [2.05, 4.69) is 10.3 Å². The maximum Gasteiger partial charge on any atom is 0.220 e. The number of hydrogen-bond acceptors (Lipinski definition) is 2. The van der Waals surface area contributed by atoms with E-state index in [4.69, 9.17) is 4.74 Å². The van der Waals surface area contributed by atoms with E-state index in [1.54, 1.807) is 0 Å². The minimum absolute atomic E-state index is 0.0547. The van der Waals surface area contributed by atoms with Crippen LogP contribution in [0.3, 0.4) is 0 Å². The van der Waals surface area contributed by atoms with Crippen LogP contribution in [0.1, 0.15) is 24.0 Å². The molecule has 106 valence electrons. The zero-order valence-electron chi connectivity index (χ0n) is 11.7. The van der Waals surface area contributed by atoms with Gasteiger partial charge in [0.15, 0.2) is 0 Å². The first kappa shape index (κ1) is 14.2. The molecule has 1 heterocycles. The number of carbonyl (C=O) groups excluding carboxylic acids is 1. The summed E-state index contributed by atoms with van der Waals surface area (Å²) in [5.41, 5.74) is 2.25. The Balaban J connectivity index is 1.59. The second-order valence-corrected chi connectivity index (χ2v) is 4.76. The van der Waals surface area contributed by atoms with Gasteiger partial charge in [0.05, 0.1) is 6.61 Å². The second-order valence-electron chi connectivity index (χ2n) is 4.76. The van der Waals surface area contributed by atoms with Gasteiger partial charge in [-0.25, -0.2) is 0 Å². The minimum atomic E-state index is 0.0547. The Bertz CT molecular complexity index is 535. The smallest absolute Gasteiger partial charge is 0.220 e. The van der Waals surface area contributed by atoms with Gasteiger partial charge in [-0.3, -0.25) is 4.79 Å². The van der Waals surface area contributed by atoms with Gasteiger partial charge in [-0.2, -0.15) is 0 Å². The molecule has 0 aliphatic carbocycles.